The SMILES string of the molecule is Cc1cccn2ncc(C(=O)N3CCc4c(nn(C)c4-c4cc(C(F)(F)F)nn4C)[C@@H]3C)c12. The first-order valence-electron chi connectivity index (χ1n) is 10.5. The van der Waals surface area contributed by atoms with Crippen molar-refractivity contribution in [2.75, 3.05) is 6.54 Å². The average molecular weight is 457 g/mol. The lowest BCUT2D eigenvalue weighted by molar-refractivity contribution is -0.141. The number of carbonyl (C=O) groups is 1. The molecule has 172 valence electrons. The van der Waals surface area contributed by atoms with Gasteiger partial charge in [0.05, 0.1) is 40.4 Å². The number of hydrogen-bond acceptors (Lipinski definition) is 4. The number of alkyl halides is 3. The van der Waals surface area contributed by atoms with E-state index in [4.69, 9.17) is 0 Å². The molecule has 0 N–H and O–H groups in total. The van der Waals surface area contributed by atoms with Gasteiger partial charge in [0.2, 0.25) is 0 Å². The summed E-state index contributed by atoms with van der Waals surface area (Å²) in [6.45, 7) is 4.23. The van der Waals surface area contributed by atoms with E-state index in [0.29, 0.717) is 35.6 Å². The number of pyridine rings is 1. The van der Waals surface area contributed by atoms with Crippen LogP contribution in [0.2, 0.25) is 0 Å². The molecule has 4 aromatic rings. The highest BCUT2D eigenvalue weighted by Gasteiger charge is 2.38. The molecule has 0 saturated heterocycles. The highest BCUT2D eigenvalue weighted by Crippen LogP contribution is 2.38. The second-order valence-corrected chi connectivity index (χ2v) is 8.34. The molecule has 0 spiro atoms. The van der Waals surface area contributed by atoms with E-state index < -0.39 is 11.9 Å². The van der Waals surface area contributed by atoms with Crippen molar-refractivity contribution in [2.45, 2.75) is 32.5 Å². The molecule has 5 rings (SSSR count). The van der Waals surface area contributed by atoms with Gasteiger partial charge in [0, 0.05) is 32.4 Å². The number of fused-ring (bicyclic) bond motifs is 2. The molecule has 0 unspecified atom stereocenters. The van der Waals surface area contributed by atoms with Gasteiger partial charge in [-0.1, -0.05) is 6.07 Å². The van der Waals surface area contributed by atoms with Crippen molar-refractivity contribution < 1.29 is 18.0 Å². The summed E-state index contributed by atoms with van der Waals surface area (Å²) < 4.78 is 44.1. The van der Waals surface area contributed by atoms with Crippen LogP contribution in [0, 0.1) is 6.92 Å². The Hall–Kier alpha value is -3.63. The Morgan fingerprint density at radius 1 is 1.18 bits per heavy atom. The second-order valence-electron chi connectivity index (χ2n) is 8.34. The summed E-state index contributed by atoms with van der Waals surface area (Å²) in [7, 11) is 3.18. The number of aromatic nitrogens is 6. The fraction of sp³-hybridized carbons (Fsp3) is 0.364. The van der Waals surface area contributed by atoms with Gasteiger partial charge in [-0.25, -0.2) is 4.52 Å². The van der Waals surface area contributed by atoms with E-state index in [-0.39, 0.29) is 11.9 Å². The third-order valence-electron chi connectivity index (χ3n) is 6.29. The fourth-order valence-corrected chi connectivity index (χ4v) is 4.70. The van der Waals surface area contributed by atoms with Crippen molar-refractivity contribution in [1.29, 1.82) is 0 Å². The van der Waals surface area contributed by atoms with E-state index in [2.05, 4.69) is 15.3 Å². The quantitative estimate of drug-likeness (QED) is 0.462. The molecule has 0 saturated carbocycles. The number of aryl methyl sites for hydroxylation is 3. The molecule has 1 amide bonds. The molecule has 0 bridgehead atoms. The number of nitrogens with zero attached hydrogens (tertiary/aromatic N) is 7. The van der Waals surface area contributed by atoms with Gasteiger partial charge in [0.25, 0.3) is 5.91 Å². The summed E-state index contributed by atoms with van der Waals surface area (Å²) in [6.07, 6.45) is -0.687. The first-order chi connectivity index (χ1) is 15.6. The number of amides is 1. The van der Waals surface area contributed by atoms with Crippen molar-refractivity contribution in [3.05, 3.63) is 58.7 Å². The van der Waals surface area contributed by atoms with Gasteiger partial charge in [-0.05, 0) is 38.0 Å². The Morgan fingerprint density at radius 3 is 2.64 bits per heavy atom. The van der Waals surface area contributed by atoms with Gasteiger partial charge in [-0.2, -0.15) is 28.5 Å². The number of rotatable bonds is 2. The van der Waals surface area contributed by atoms with Gasteiger partial charge in [-0.3, -0.25) is 14.2 Å². The van der Waals surface area contributed by atoms with Gasteiger partial charge in [-0.15, -0.1) is 0 Å². The Labute approximate surface area is 187 Å². The lowest BCUT2D eigenvalue weighted by atomic mass is 9.96. The summed E-state index contributed by atoms with van der Waals surface area (Å²) in [5.74, 6) is -0.149. The van der Waals surface area contributed by atoms with Crippen molar-refractivity contribution >= 4 is 11.4 Å². The smallest absolute Gasteiger partial charge is 0.330 e. The monoisotopic (exact) mass is 457 g/mol. The van der Waals surface area contributed by atoms with Crippen LogP contribution in [0.25, 0.3) is 16.9 Å². The third kappa shape index (κ3) is 3.21. The molecule has 0 aromatic carbocycles. The second kappa shape index (κ2) is 7.19. The first-order valence-corrected chi connectivity index (χ1v) is 10.5. The van der Waals surface area contributed by atoms with E-state index >= 15 is 0 Å². The van der Waals surface area contributed by atoms with Crippen LogP contribution >= 0.6 is 0 Å². The van der Waals surface area contributed by atoms with Crippen LogP contribution in [0.3, 0.4) is 0 Å². The predicted molar refractivity (Wildman–Crippen MR) is 113 cm³/mol. The number of hydrogen-bond donors (Lipinski definition) is 0. The lowest BCUT2D eigenvalue weighted by Gasteiger charge is -2.32. The van der Waals surface area contributed by atoms with Crippen LogP contribution in [0.15, 0.2) is 30.6 Å². The van der Waals surface area contributed by atoms with Crippen LogP contribution < -0.4 is 0 Å². The number of carbonyl (C=O) groups excluding carboxylic acids is 1. The summed E-state index contributed by atoms with van der Waals surface area (Å²) in [4.78, 5) is 15.2. The van der Waals surface area contributed by atoms with E-state index in [1.165, 1.54) is 11.7 Å². The molecular weight excluding hydrogens is 435 g/mol. The Bertz CT molecular complexity index is 1400. The maximum atomic E-state index is 13.5. The maximum absolute atomic E-state index is 13.5. The minimum atomic E-state index is -4.53. The summed E-state index contributed by atoms with van der Waals surface area (Å²) in [5.41, 5.74) is 3.71. The normalized spacial score (nSPS) is 16.5. The van der Waals surface area contributed by atoms with Crippen molar-refractivity contribution in [3.63, 3.8) is 0 Å². The topological polar surface area (TPSA) is 73.2 Å². The third-order valence-corrected chi connectivity index (χ3v) is 6.29. The molecule has 1 atom stereocenters. The maximum Gasteiger partial charge on any atom is 0.435 e. The molecule has 4 aromatic heterocycles. The summed E-state index contributed by atoms with van der Waals surface area (Å²) >= 11 is 0. The lowest BCUT2D eigenvalue weighted by Crippen LogP contribution is -2.39. The average Bonchev–Trinajstić information content (AvgIpc) is 3.43. The largest absolute Gasteiger partial charge is 0.435 e. The van der Waals surface area contributed by atoms with Gasteiger partial charge < -0.3 is 4.90 Å². The van der Waals surface area contributed by atoms with Gasteiger partial charge in [0.1, 0.15) is 0 Å². The molecule has 5 heterocycles. The molecule has 33 heavy (non-hydrogen) atoms. The van der Waals surface area contributed by atoms with Crippen LogP contribution in [-0.2, 0) is 26.7 Å². The van der Waals surface area contributed by atoms with Crippen molar-refractivity contribution in [1.82, 2.24) is 34.1 Å². The minimum absolute atomic E-state index is 0.149. The van der Waals surface area contributed by atoms with E-state index in [1.807, 2.05) is 26.0 Å². The van der Waals surface area contributed by atoms with E-state index in [1.54, 1.807) is 33.5 Å². The van der Waals surface area contributed by atoms with Crippen LogP contribution in [-0.4, -0.2) is 46.5 Å². The van der Waals surface area contributed by atoms with E-state index in [0.717, 1.165) is 22.7 Å². The van der Waals surface area contributed by atoms with Crippen LogP contribution in [0.1, 0.15) is 45.8 Å². The Kier molecular flexibility index (Phi) is 4.62. The fourth-order valence-electron chi connectivity index (χ4n) is 4.70. The molecule has 11 heteroatoms. The first kappa shape index (κ1) is 21.2. The number of halogens is 3. The molecule has 0 fully saturated rings. The molecular formula is C22H22F3N7O. The van der Waals surface area contributed by atoms with E-state index in [9.17, 15) is 18.0 Å². The zero-order valence-corrected chi connectivity index (χ0v) is 18.6. The minimum Gasteiger partial charge on any atom is -0.330 e. The molecule has 8 nitrogen and oxygen atoms in total. The molecule has 1 aliphatic heterocycles. The zero-order valence-electron chi connectivity index (χ0n) is 18.6. The standard InChI is InChI=1S/C22H22F3N7O/c1-12-6-5-8-32-19(12)15(11-26-32)21(33)31-9-7-14-18(13(31)2)28-30(4)20(14)16-10-17(22(23,24)25)27-29(16)3/h5-6,8,10-11,13H,7,9H2,1-4H3/t13-/m0/s1. The highest BCUT2D eigenvalue weighted by atomic mass is 19.4. The Balaban J connectivity index is 1.53. The molecule has 0 aliphatic carbocycles. The summed E-state index contributed by atoms with van der Waals surface area (Å²) in [5, 5.41) is 12.5. The molecule has 1 aliphatic rings. The summed E-state index contributed by atoms with van der Waals surface area (Å²) in [6, 6.07) is 4.49. The van der Waals surface area contributed by atoms with Gasteiger partial charge >= 0.3 is 6.18 Å². The van der Waals surface area contributed by atoms with Crippen molar-refractivity contribution in [3.8, 4) is 11.4 Å². The predicted octanol–water partition coefficient (Wildman–Crippen LogP) is 3.56. The highest BCUT2D eigenvalue weighted by molar-refractivity contribution is 6.01. The van der Waals surface area contributed by atoms with Gasteiger partial charge in [0.15, 0.2) is 5.69 Å². The zero-order chi connectivity index (χ0) is 23.7. The van der Waals surface area contributed by atoms with Crippen molar-refractivity contribution in [2.24, 2.45) is 14.1 Å². The molecule has 0 radical (unpaired) electrons. The Morgan fingerprint density at radius 2 is 1.94 bits per heavy atom. The van der Waals surface area contributed by atoms with Crippen LogP contribution in [0.5, 0.6) is 0 Å². The van der Waals surface area contributed by atoms with Crippen LogP contribution in [0.4, 0.5) is 13.2 Å².